The molecule has 0 bridgehead atoms. The van der Waals surface area contributed by atoms with E-state index in [1.807, 2.05) is 48.5 Å². The molecule has 0 spiro atoms. The molecule has 0 saturated heterocycles. The van der Waals surface area contributed by atoms with E-state index in [1.165, 1.54) is 0 Å². The van der Waals surface area contributed by atoms with Gasteiger partial charge in [-0.15, -0.1) is 0 Å². The first kappa shape index (κ1) is 25.1. The van der Waals surface area contributed by atoms with Crippen molar-refractivity contribution < 1.29 is 0 Å². The van der Waals surface area contributed by atoms with Gasteiger partial charge in [0.2, 0.25) is 0 Å². The molecule has 4 aromatic heterocycles. The van der Waals surface area contributed by atoms with Crippen molar-refractivity contribution in [1.29, 1.82) is 0 Å². The molecule has 6 nitrogen and oxygen atoms in total. The molecular formula is C44H20N4O2. The van der Waals surface area contributed by atoms with Crippen LogP contribution in [0.5, 0.6) is 0 Å². The summed E-state index contributed by atoms with van der Waals surface area (Å²) in [6.07, 6.45) is 0. The summed E-state index contributed by atoms with van der Waals surface area (Å²) >= 11 is 0. The molecule has 0 aliphatic rings. The van der Waals surface area contributed by atoms with Crippen molar-refractivity contribution in [3.05, 3.63) is 142 Å². The fourth-order valence-electron chi connectivity index (χ4n) is 9.25. The standard InChI is InChI=1S/C44H20N4O2/c49-43-31-17-13-27-26-12-16-30-38-32(44(50)48-34-20-10-22-6-2-4-8-24(22)40(34)46-42(30)48)18-14-28(36(26)38)25-11-15-29(37(31)35(25)27)41-45-39-23-7-3-1-5-21(23)9-19-33(39)47(41)43/h1-20H. The summed E-state index contributed by atoms with van der Waals surface area (Å²) in [4.78, 5) is 39.1. The zero-order valence-corrected chi connectivity index (χ0v) is 26.2. The normalized spacial score (nSPS) is 13.0. The number of pyridine rings is 2. The number of hydrogen-bond acceptors (Lipinski definition) is 4. The van der Waals surface area contributed by atoms with Crippen LogP contribution in [0, 0.1) is 0 Å². The van der Waals surface area contributed by atoms with Crippen LogP contribution in [-0.2, 0) is 0 Å². The van der Waals surface area contributed by atoms with Gasteiger partial charge in [-0.05, 0) is 79.5 Å². The summed E-state index contributed by atoms with van der Waals surface area (Å²) in [7, 11) is 0. The third-order valence-electron chi connectivity index (χ3n) is 11.3. The zero-order chi connectivity index (χ0) is 32.6. The van der Waals surface area contributed by atoms with E-state index in [4.69, 9.17) is 9.97 Å². The fraction of sp³-hybridized carbons (Fsp3) is 0. The van der Waals surface area contributed by atoms with Gasteiger partial charge in [-0.1, -0.05) is 84.9 Å². The number of benzene rings is 9. The number of aromatic nitrogens is 4. The third kappa shape index (κ3) is 2.67. The number of rotatable bonds is 0. The number of imidazole rings is 2. The molecule has 0 aliphatic heterocycles. The first-order chi connectivity index (χ1) is 24.7. The Balaban J connectivity index is 1.22. The van der Waals surface area contributed by atoms with Crippen LogP contribution in [0.4, 0.5) is 0 Å². The highest BCUT2D eigenvalue weighted by atomic mass is 16.1. The van der Waals surface area contributed by atoms with Crippen LogP contribution in [-0.4, -0.2) is 18.8 Å². The van der Waals surface area contributed by atoms with Gasteiger partial charge in [0, 0.05) is 43.1 Å². The number of nitrogens with zero attached hydrogens (tertiary/aromatic N) is 4. The van der Waals surface area contributed by atoms with Gasteiger partial charge in [0.05, 0.1) is 22.1 Å². The lowest BCUT2D eigenvalue weighted by molar-refractivity contribution is 1.19. The minimum absolute atomic E-state index is 0.0675. The minimum atomic E-state index is -0.0675. The lowest BCUT2D eigenvalue weighted by Crippen LogP contribution is -2.14. The van der Waals surface area contributed by atoms with Crippen molar-refractivity contribution in [1.82, 2.24) is 18.8 Å². The van der Waals surface area contributed by atoms with Crippen LogP contribution in [0.2, 0.25) is 0 Å². The summed E-state index contributed by atoms with van der Waals surface area (Å²) < 4.78 is 3.56. The Kier molecular flexibility index (Phi) is 4.12. The first-order valence-electron chi connectivity index (χ1n) is 16.8. The molecule has 0 saturated carbocycles. The molecule has 0 atom stereocenters. The van der Waals surface area contributed by atoms with E-state index >= 15 is 0 Å². The Hall–Kier alpha value is -6.92. The molecule has 13 aromatic rings. The topological polar surface area (TPSA) is 68.7 Å². The van der Waals surface area contributed by atoms with Gasteiger partial charge in [0.15, 0.2) is 0 Å². The van der Waals surface area contributed by atoms with Crippen molar-refractivity contribution in [3.8, 4) is 0 Å². The van der Waals surface area contributed by atoms with Crippen molar-refractivity contribution in [2.75, 3.05) is 0 Å². The van der Waals surface area contributed by atoms with E-state index in [0.717, 1.165) is 97.5 Å². The molecule has 0 N–H and O–H groups in total. The Morgan fingerprint density at radius 3 is 1.14 bits per heavy atom. The van der Waals surface area contributed by atoms with Crippen molar-refractivity contribution in [3.63, 3.8) is 0 Å². The van der Waals surface area contributed by atoms with Gasteiger partial charge < -0.3 is 0 Å². The first-order valence-corrected chi connectivity index (χ1v) is 16.8. The van der Waals surface area contributed by atoms with Gasteiger partial charge in [0.1, 0.15) is 11.3 Å². The molecule has 228 valence electrons. The van der Waals surface area contributed by atoms with E-state index in [9.17, 15) is 9.59 Å². The molecule has 9 aromatic carbocycles. The molecule has 0 amide bonds. The van der Waals surface area contributed by atoms with Crippen molar-refractivity contribution >= 4 is 120 Å². The van der Waals surface area contributed by atoms with Crippen LogP contribution in [0.1, 0.15) is 0 Å². The Morgan fingerprint density at radius 1 is 0.340 bits per heavy atom. The maximum absolute atomic E-state index is 14.4. The van der Waals surface area contributed by atoms with Crippen molar-refractivity contribution in [2.45, 2.75) is 0 Å². The fourth-order valence-corrected chi connectivity index (χ4v) is 9.25. The summed E-state index contributed by atoms with van der Waals surface area (Å²) in [6, 6.07) is 41.2. The molecule has 50 heavy (non-hydrogen) atoms. The lowest BCUT2D eigenvalue weighted by Gasteiger charge is -2.18. The van der Waals surface area contributed by atoms with Gasteiger partial charge in [0.25, 0.3) is 11.1 Å². The monoisotopic (exact) mass is 636 g/mol. The minimum Gasteiger partial charge on any atom is -0.268 e. The average molecular weight is 637 g/mol. The molecule has 13 rings (SSSR count). The third-order valence-corrected chi connectivity index (χ3v) is 11.3. The Labute approximate surface area is 279 Å². The molecule has 0 aliphatic carbocycles. The average Bonchev–Trinajstić information content (AvgIpc) is 3.76. The SMILES string of the molecule is O=c1c2ccc3c4ccc5c6c(ccc(c7ccc(c2c37)c2nc3c7ccccc7ccc3n12)c46)c(=O)n1c2ccc3ccccc3c2nc51. The summed E-state index contributed by atoms with van der Waals surface area (Å²) in [5, 5.41) is 15.7. The molecular weight excluding hydrogens is 617 g/mol. The van der Waals surface area contributed by atoms with Gasteiger partial charge in [-0.3, -0.25) is 18.4 Å². The van der Waals surface area contributed by atoms with Gasteiger partial charge in [-0.2, -0.15) is 0 Å². The highest BCUT2D eigenvalue weighted by molar-refractivity contribution is 6.40. The van der Waals surface area contributed by atoms with Crippen LogP contribution < -0.4 is 11.1 Å². The second kappa shape index (κ2) is 8.20. The molecule has 4 heterocycles. The van der Waals surface area contributed by atoms with E-state index in [1.54, 1.807) is 8.80 Å². The number of hydrogen-bond donors (Lipinski definition) is 0. The second-order valence-electron chi connectivity index (χ2n) is 13.6. The maximum Gasteiger partial charge on any atom is 0.264 e. The van der Waals surface area contributed by atoms with Crippen LogP contribution in [0.3, 0.4) is 0 Å². The number of fused-ring (bicyclic) bond motifs is 14. The molecule has 0 radical (unpaired) electrons. The van der Waals surface area contributed by atoms with Crippen LogP contribution in [0.15, 0.2) is 131 Å². The largest absolute Gasteiger partial charge is 0.268 e. The van der Waals surface area contributed by atoms with Gasteiger partial charge in [-0.25, -0.2) is 9.97 Å². The summed E-state index contributed by atoms with van der Waals surface area (Å²) in [5.41, 5.74) is 4.50. The maximum atomic E-state index is 14.4. The molecule has 0 unspecified atom stereocenters. The van der Waals surface area contributed by atoms with E-state index in [0.29, 0.717) is 22.1 Å². The predicted octanol–water partition coefficient (Wildman–Crippen LogP) is 9.55. The highest BCUT2D eigenvalue weighted by Crippen LogP contribution is 2.46. The quantitative estimate of drug-likeness (QED) is 0.123. The Bertz CT molecular complexity index is 3550. The molecule has 0 fully saturated rings. The van der Waals surface area contributed by atoms with Crippen LogP contribution in [0.25, 0.3) is 120 Å². The van der Waals surface area contributed by atoms with Crippen molar-refractivity contribution in [2.24, 2.45) is 0 Å². The van der Waals surface area contributed by atoms with E-state index in [-0.39, 0.29) is 11.1 Å². The summed E-state index contributed by atoms with van der Waals surface area (Å²) in [5.74, 6) is 0. The zero-order valence-electron chi connectivity index (χ0n) is 26.2. The molecule has 6 heteroatoms. The Morgan fingerprint density at radius 2 is 0.700 bits per heavy atom. The highest BCUT2D eigenvalue weighted by Gasteiger charge is 2.24. The van der Waals surface area contributed by atoms with E-state index in [2.05, 4.69) is 72.8 Å². The van der Waals surface area contributed by atoms with Gasteiger partial charge >= 0.3 is 0 Å². The second-order valence-corrected chi connectivity index (χ2v) is 13.6. The summed E-state index contributed by atoms with van der Waals surface area (Å²) in [6.45, 7) is 0. The predicted molar refractivity (Wildman–Crippen MR) is 205 cm³/mol. The van der Waals surface area contributed by atoms with E-state index < -0.39 is 0 Å². The smallest absolute Gasteiger partial charge is 0.264 e. The lowest BCUT2D eigenvalue weighted by atomic mass is 9.86. The van der Waals surface area contributed by atoms with Crippen LogP contribution >= 0.6 is 0 Å².